The molecule has 0 spiro atoms. The van der Waals surface area contributed by atoms with Crippen molar-refractivity contribution in [1.29, 1.82) is 0 Å². The Kier molecular flexibility index (Phi) is 17.7. The van der Waals surface area contributed by atoms with E-state index in [-0.39, 0.29) is 0 Å². The molecule has 0 aliphatic rings. The van der Waals surface area contributed by atoms with Crippen LogP contribution in [0.5, 0.6) is 0 Å². The molecule has 0 atom stereocenters. The van der Waals surface area contributed by atoms with Gasteiger partial charge in [0.1, 0.15) is 0 Å². The Morgan fingerprint density at radius 3 is 2.28 bits per heavy atom. The summed E-state index contributed by atoms with van der Waals surface area (Å²) in [6.45, 7) is 24.1. The Morgan fingerprint density at radius 1 is 1.12 bits per heavy atom. The van der Waals surface area contributed by atoms with Crippen LogP contribution in [-0.2, 0) is 0 Å². The molecule has 0 unspecified atom stereocenters. The number of nitrogens with one attached hydrogen (secondary N) is 2. The summed E-state index contributed by atoms with van der Waals surface area (Å²) in [7, 11) is 0. The number of hydrogen-bond donors (Lipinski definition) is 2. The molecule has 2 N–H and O–H groups in total. The van der Waals surface area contributed by atoms with Crippen molar-refractivity contribution in [2.24, 2.45) is 0 Å². The van der Waals surface area contributed by atoms with Crippen LogP contribution in [0.15, 0.2) is 53.4 Å². The molecule has 142 valence electrons. The molecule has 0 fully saturated rings. The highest BCUT2D eigenvalue weighted by Gasteiger charge is 2.03. The minimum atomic E-state index is 0.727. The minimum Gasteiger partial charge on any atom is -0.380 e. The lowest BCUT2D eigenvalue weighted by Crippen LogP contribution is -2.16. The minimum absolute atomic E-state index is 0.727. The second-order valence-corrected chi connectivity index (χ2v) is 6.19. The van der Waals surface area contributed by atoms with E-state index in [9.17, 15) is 0 Å². The van der Waals surface area contributed by atoms with Gasteiger partial charge in [-0.05, 0) is 31.9 Å². The average molecular weight is 363 g/mol. The van der Waals surface area contributed by atoms with E-state index >= 15 is 0 Å². The molecule has 2 nitrogen and oxygen atoms in total. The first-order chi connectivity index (χ1) is 12.1. The lowest BCUT2D eigenvalue weighted by Gasteiger charge is -2.14. The van der Waals surface area contributed by atoms with Gasteiger partial charge in [-0.3, -0.25) is 0 Å². The maximum absolute atomic E-state index is 4.09. The molecule has 25 heavy (non-hydrogen) atoms. The Bertz CT molecular complexity index is 519. The highest BCUT2D eigenvalue weighted by molar-refractivity contribution is 8.06. The molecule has 0 aliphatic heterocycles. The van der Waals surface area contributed by atoms with Crippen LogP contribution >= 0.6 is 11.8 Å². The Balaban J connectivity index is 0. The van der Waals surface area contributed by atoms with Crippen LogP contribution in [0.2, 0.25) is 0 Å². The molecular weight excluding hydrogens is 324 g/mol. The molecular formula is C22H38N2S. The third kappa shape index (κ3) is 12.4. The summed E-state index contributed by atoms with van der Waals surface area (Å²) in [5.41, 5.74) is 3.60. The fourth-order valence-corrected chi connectivity index (χ4v) is 2.56. The van der Waals surface area contributed by atoms with Gasteiger partial charge in [-0.25, -0.2) is 0 Å². The van der Waals surface area contributed by atoms with Crippen LogP contribution in [0.25, 0.3) is 5.70 Å². The van der Waals surface area contributed by atoms with Gasteiger partial charge in [-0.2, -0.15) is 0 Å². The van der Waals surface area contributed by atoms with E-state index in [1.54, 1.807) is 11.8 Å². The molecule has 0 aromatic heterocycles. The lowest BCUT2D eigenvalue weighted by atomic mass is 10.1. The van der Waals surface area contributed by atoms with Gasteiger partial charge in [0, 0.05) is 23.7 Å². The first-order valence-electron chi connectivity index (χ1n) is 9.32. The van der Waals surface area contributed by atoms with Crippen molar-refractivity contribution < 1.29 is 0 Å². The van der Waals surface area contributed by atoms with Gasteiger partial charge in [-0.15, -0.1) is 0 Å². The largest absolute Gasteiger partial charge is 0.380 e. The number of benzene rings is 1. The van der Waals surface area contributed by atoms with E-state index in [1.807, 2.05) is 34.6 Å². The van der Waals surface area contributed by atoms with Crippen molar-refractivity contribution >= 4 is 17.5 Å². The van der Waals surface area contributed by atoms with E-state index in [4.69, 9.17) is 0 Å². The summed E-state index contributed by atoms with van der Waals surface area (Å²) in [5, 5.41) is 7.67. The summed E-state index contributed by atoms with van der Waals surface area (Å²) in [6.07, 6.45) is 3.19. The standard InChI is InChI=1S/C18H26N2S.2C2H6/c1-6-11-19-16(5)21-15(4)13-20-18(7-2)17-10-8-9-14(3)12-17;2*1-2/h7-10,12,19-20H,4-6,11,13H2,1-3H3;2*1-2H3/b18-7-;;. The smallest absolute Gasteiger partial charge is 0.0653 e. The molecule has 1 aromatic rings. The molecule has 0 aliphatic carbocycles. The molecule has 0 saturated heterocycles. The zero-order valence-corrected chi connectivity index (χ0v) is 18.1. The van der Waals surface area contributed by atoms with Crippen LogP contribution < -0.4 is 10.6 Å². The number of thioether (sulfide) groups is 1. The summed E-state index contributed by atoms with van der Waals surface area (Å²) >= 11 is 1.60. The van der Waals surface area contributed by atoms with E-state index < -0.39 is 0 Å². The predicted molar refractivity (Wildman–Crippen MR) is 120 cm³/mol. The third-order valence-corrected chi connectivity index (χ3v) is 3.76. The molecule has 3 heteroatoms. The topological polar surface area (TPSA) is 24.1 Å². The van der Waals surface area contributed by atoms with Crippen molar-refractivity contribution in [2.75, 3.05) is 13.1 Å². The first kappa shape index (κ1) is 25.6. The van der Waals surface area contributed by atoms with Crippen molar-refractivity contribution in [3.8, 4) is 0 Å². The van der Waals surface area contributed by atoms with Crippen LogP contribution in [0.3, 0.4) is 0 Å². The second-order valence-electron chi connectivity index (χ2n) is 4.92. The molecule has 0 bridgehead atoms. The monoisotopic (exact) mass is 362 g/mol. The van der Waals surface area contributed by atoms with E-state index in [2.05, 4.69) is 68.0 Å². The van der Waals surface area contributed by atoms with E-state index in [1.165, 1.54) is 11.1 Å². The van der Waals surface area contributed by atoms with Gasteiger partial charge >= 0.3 is 0 Å². The number of aryl methyl sites for hydroxylation is 1. The van der Waals surface area contributed by atoms with E-state index in [0.29, 0.717) is 0 Å². The molecule has 0 amide bonds. The van der Waals surface area contributed by atoms with Crippen molar-refractivity contribution in [2.45, 2.75) is 54.9 Å². The fraction of sp³-hybridized carbons (Fsp3) is 0.455. The molecule has 0 radical (unpaired) electrons. The number of rotatable bonds is 9. The second kappa shape index (κ2) is 17.2. The van der Waals surface area contributed by atoms with Crippen molar-refractivity contribution in [1.82, 2.24) is 10.6 Å². The Morgan fingerprint density at radius 2 is 1.76 bits per heavy atom. The normalized spacial score (nSPS) is 9.80. The van der Waals surface area contributed by atoms with Gasteiger partial charge in [0.15, 0.2) is 0 Å². The third-order valence-electron chi connectivity index (χ3n) is 2.93. The summed E-state index contributed by atoms with van der Waals surface area (Å²) in [5.74, 6) is 0. The zero-order valence-electron chi connectivity index (χ0n) is 17.3. The lowest BCUT2D eigenvalue weighted by molar-refractivity contribution is 0.802. The summed E-state index contributed by atoms with van der Waals surface area (Å²) in [4.78, 5) is 1.05. The predicted octanol–water partition coefficient (Wildman–Crippen LogP) is 6.72. The summed E-state index contributed by atoms with van der Waals surface area (Å²) < 4.78 is 0. The molecule has 0 heterocycles. The van der Waals surface area contributed by atoms with Crippen molar-refractivity contribution in [3.63, 3.8) is 0 Å². The summed E-state index contributed by atoms with van der Waals surface area (Å²) in [6, 6.07) is 8.48. The Hall–Kier alpha value is -1.61. The number of hydrogen-bond acceptors (Lipinski definition) is 3. The van der Waals surface area contributed by atoms with Gasteiger partial charge in [0.2, 0.25) is 0 Å². The van der Waals surface area contributed by atoms with Crippen LogP contribution in [0, 0.1) is 6.92 Å². The van der Waals surface area contributed by atoms with Crippen molar-refractivity contribution in [3.05, 3.63) is 64.6 Å². The SMILES string of the molecule is C=C(CN/C(=C\C)c1cccc(C)c1)SC(=C)NCCC.CC.CC. The quantitative estimate of drug-likeness (QED) is 0.510. The van der Waals surface area contributed by atoms with Crippen LogP contribution in [0.4, 0.5) is 0 Å². The van der Waals surface area contributed by atoms with E-state index in [0.717, 1.165) is 35.1 Å². The first-order valence-corrected chi connectivity index (χ1v) is 10.1. The van der Waals surface area contributed by atoms with Gasteiger partial charge < -0.3 is 10.6 Å². The van der Waals surface area contributed by atoms with Gasteiger partial charge in [0.25, 0.3) is 0 Å². The highest BCUT2D eigenvalue weighted by atomic mass is 32.2. The molecule has 1 rings (SSSR count). The molecule has 1 aromatic carbocycles. The van der Waals surface area contributed by atoms with Crippen LogP contribution in [0.1, 0.15) is 59.1 Å². The zero-order chi connectivity index (χ0) is 19.7. The number of allylic oxidation sites excluding steroid dienone is 1. The maximum atomic E-state index is 4.09. The van der Waals surface area contributed by atoms with Gasteiger partial charge in [-0.1, -0.05) is 89.4 Å². The average Bonchev–Trinajstić information content (AvgIpc) is 2.64. The fourth-order valence-electron chi connectivity index (χ4n) is 1.89. The highest BCUT2D eigenvalue weighted by Crippen LogP contribution is 2.21. The maximum Gasteiger partial charge on any atom is 0.0653 e. The molecule has 0 saturated carbocycles. The Labute approximate surface area is 160 Å². The van der Waals surface area contributed by atoms with Crippen LogP contribution in [-0.4, -0.2) is 13.1 Å². The van der Waals surface area contributed by atoms with Gasteiger partial charge in [0.05, 0.1) is 5.03 Å².